The van der Waals surface area contributed by atoms with Gasteiger partial charge in [-0.3, -0.25) is 13.8 Å². The van der Waals surface area contributed by atoms with Crippen LogP contribution in [0.25, 0.3) is 0 Å². The zero-order chi connectivity index (χ0) is 14.2. The first kappa shape index (κ1) is 17.4. The van der Waals surface area contributed by atoms with Crippen molar-refractivity contribution in [1.82, 2.24) is 4.67 Å². The first-order chi connectivity index (χ1) is 8.42. The lowest BCUT2D eigenvalue weighted by molar-refractivity contribution is -0.123. The third kappa shape index (κ3) is 4.92. The molecule has 0 radical (unpaired) electrons. The third-order valence-corrected chi connectivity index (χ3v) is 4.35. The summed E-state index contributed by atoms with van der Waals surface area (Å²) in [6.07, 6.45) is 1.63. The summed E-state index contributed by atoms with van der Waals surface area (Å²) in [5.74, 6) is -0.381. The topological polar surface area (TPSA) is 55.8 Å². The summed E-state index contributed by atoms with van der Waals surface area (Å²) in [5, 5.41) is 0. The molecule has 0 N–H and O–H groups in total. The second kappa shape index (κ2) is 8.46. The van der Waals surface area contributed by atoms with Gasteiger partial charge in [0.25, 0.3) is 5.91 Å². The monoisotopic (exact) mass is 277 g/mol. The molecule has 0 bridgehead atoms. The molecule has 0 aromatic carbocycles. The fourth-order valence-corrected chi connectivity index (χ4v) is 3.15. The van der Waals surface area contributed by atoms with Gasteiger partial charge in [-0.25, -0.2) is 9.24 Å². The molecule has 106 valence electrons. The molecular weight excluding hydrogens is 253 g/mol. The Bertz CT molecular complexity index is 320. The molecule has 0 saturated carbocycles. The molecule has 1 amide bonds. The average molecular weight is 277 g/mol. The van der Waals surface area contributed by atoms with Crippen LogP contribution in [0.1, 0.15) is 40.5 Å². The molecule has 6 heteroatoms. The Morgan fingerprint density at radius 2 is 1.72 bits per heavy atom. The molecule has 0 saturated heterocycles. The Kier molecular flexibility index (Phi) is 8.16. The standard InChI is InChI=1S/C12H24NO4P/c1-6-9-10-13(12(14)11(4)5)18(15,16-7-2)17-8-3/h4,6-10H2,1-3,5H3. The molecule has 0 aliphatic heterocycles. The molecule has 0 aliphatic carbocycles. The van der Waals surface area contributed by atoms with Crippen molar-refractivity contribution in [2.75, 3.05) is 19.8 Å². The lowest BCUT2D eigenvalue weighted by Gasteiger charge is -2.29. The van der Waals surface area contributed by atoms with Gasteiger partial charge in [0.1, 0.15) is 0 Å². The molecule has 0 aromatic rings. The van der Waals surface area contributed by atoms with Gasteiger partial charge >= 0.3 is 7.75 Å². The van der Waals surface area contributed by atoms with Crippen molar-refractivity contribution in [3.8, 4) is 0 Å². The SMILES string of the molecule is C=C(C)C(=O)N(CCCC)P(=O)(OCC)OCC. The fraction of sp³-hybridized carbons (Fsp3) is 0.750. The van der Waals surface area contributed by atoms with Crippen LogP contribution in [0.15, 0.2) is 12.2 Å². The van der Waals surface area contributed by atoms with Crippen LogP contribution in [-0.2, 0) is 18.4 Å². The number of unbranched alkanes of at least 4 members (excludes halogenated alkanes) is 1. The van der Waals surface area contributed by atoms with Crippen LogP contribution in [-0.4, -0.2) is 30.3 Å². The Labute approximate surface area is 110 Å². The van der Waals surface area contributed by atoms with Crippen molar-refractivity contribution < 1.29 is 18.4 Å². The van der Waals surface area contributed by atoms with Crippen molar-refractivity contribution in [3.63, 3.8) is 0 Å². The summed E-state index contributed by atoms with van der Waals surface area (Å²) in [6, 6.07) is 0. The number of carbonyl (C=O) groups excluding carboxylic acids is 1. The molecule has 0 unspecified atom stereocenters. The summed E-state index contributed by atoms with van der Waals surface area (Å²) in [6.45, 7) is 11.4. The van der Waals surface area contributed by atoms with Crippen molar-refractivity contribution in [1.29, 1.82) is 0 Å². The Morgan fingerprint density at radius 3 is 2.06 bits per heavy atom. The van der Waals surface area contributed by atoms with E-state index in [1.807, 2.05) is 6.92 Å². The number of rotatable bonds is 9. The number of amides is 1. The van der Waals surface area contributed by atoms with Gasteiger partial charge in [0.15, 0.2) is 0 Å². The van der Waals surface area contributed by atoms with Crippen molar-refractivity contribution in [2.45, 2.75) is 40.5 Å². The molecule has 5 nitrogen and oxygen atoms in total. The second-order valence-corrected chi connectivity index (χ2v) is 5.80. The van der Waals surface area contributed by atoms with Crippen LogP contribution in [0.3, 0.4) is 0 Å². The summed E-state index contributed by atoms with van der Waals surface area (Å²) in [5.41, 5.74) is 0.325. The molecule has 0 aromatic heterocycles. The van der Waals surface area contributed by atoms with Gasteiger partial charge in [0.05, 0.1) is 13.2 Å². The second-order valence-electron chi connectivity index (χ2n) is 3.87. The van der Waals surface area contributed by atoms with Crippen molar-refractivity contribution in [2.24, 2.45) is 0 Å². The van der Waals surface area contributed by atoms with E-state index in [4.69, 9.17) is 9.05 Å². The van der Waals surface area contributed by atoms with Gasteiger partial charge in [0, 0.05) is 12.1 Å². The van der Waals surface area contributed by atoms with E-state index in [1.54, 1.807) is 20.8 Å². The van der Waals surface area contributed by atoms with Gasteiger partial charge in [-0.2, -0.15) is 0 Å². The number of nitrogens with zero attached hydrogens (tertiary/aromatic N) is 1. The molecule has 0 heterocycles. The molecular formula is C12H24NO4P. The predicted octanol–water partition coefficient (Wildman–Crippen LogP) is 3.37. The Morgan fingerprint density at radius 1 is 1.22 bits per heavy atom. The van der Waals surface area contributed by atoms with Crippen LogP contribution in [0, 0.1) is 0 Å². The number of carbonyl (C=O) groups is 1. The van der Waals surface area contributed by atoms with E-state index in [1.165, 1.54) is 4.67 Å². The van der Waals surface area contributed by atoms with Crippen LogP contribution < -0.4 is 0 Å². The van der Waals surface area contributed by atoms with Crippen molar-refractivity contribution in [3.05, 3.63) is 12.2 Å². The first-order valence-electron chi connectivity index (χ1n) is 6.29. The van der Waals surface area contributed by atoms with Gasteiger partial charge in [-0.05, 0) is 27.2 Å². The smallest absolute Gasteiger partial charge is 0.292 e. The summed E-state index contributed by atoms with van der Waals surface area (Å²) >= 11 is 0. The maximum Gasteiger partial charge on any atom is 0.437 e. The van der Waals surface area contributed by atoms with E-state index >= 15 is 0 Å². The quantitative estimate of drug-likeness (QED) is 0.479. The van der Waals surface area contributed by atoms with E-state index < -0.39 is 7.75 Å². The maximum atomic E-state index is 12.6. The molecule has 0 fully saturated rings. The van der Waals surface area contributed by atoms with Crippen LogP contribution in [0.4, 0.5) is 0 Å². The minimum Gasteiger partial charge on any atom is -0.292 e. The van der Waals surface area contributed by atoms with E-state index in [2.05, 4.69) is 6.58 Å². The van der Waals surface area contributed by atoms with E-state index in [0.29, 0.717) is 12.1 Å². The molecule has 18 heavy (non-hydrogen) atoms. The normalized spacial score (nSPS) is 11.3. The highest BCUT2D eigenvalue weighted by atomic mass is 31.2. The van der Waals surface area contributed by atoms with Gasteiger partial charge in [0.2, 0.25) is 0 Å². The van der Waals surface area contributed by atoms with Gasteiger partial charge in [-0.1, -0.05) is 19.9 Å². The highest BCUT2D eigenvalue weighted by molar-refractivity contribution is 7.52. The lowest BCUT2D eigenvalue weighted by Crippen LogP contribution is -2.31. The zero-order valence-corrected chi connectivity index (χ0v) is 12.7. The lowest BCUT2D eigenvalue weighted by atomic mass is 10.3. The number of hydrogen-bond donors (Lipinski definition) is 0. The minimum absolute atomic E-state index is 0.226. The predicted molar refractivity (Wildman–Crippen MR) is 72.3 cm³/mol. The highest BCUT2D eigenvalue weighted by Gasteiger charge is 2.36. The zero-order valence-electron chi connectivity index (χ0n) is 11.8. The highest BCUT2D eigenvalue weighted by Crippen LogP contribution is 2.52. The first-order valence-corrected chi connectivity index (χ1v) is 7.79. The molecule has 0 rings (SSSR count). The van der Waals surface area contributed by atoms with Crippen LogP contribution in [0.2, 0.25) is 0 Å². The molecule has 0 spiro atoms. The van der Waals surface area contributed by atoms with E-state index in [9.17, 15) is 9.36 Å². The number of hydrogen-bond acceptors (Lipinski definition) is 4. The van der Waals surface area contributed by atoms with E-state index in [-0.39, 0.29) is 19.1 Å². The third-order valence-electron chi connectivity index (χ3n) is 2.20. The van der Waals surface area contributed by atoms with Crippen molar-refractivity contribution >= 4 is 13.7 Å². The van der Waals surface area contributed by atoms with Gasteiger partial charge < -0.3 is 0 Å². The van der Waals surface area contributed by atoms with Crippen LogP contribution >= 0.6 is 7.75 Å². The summed E-state index contributed by atoms with van der Waals surface area (Å²) in [4.78, 5) is 12.0. The van der Waals surface area contributed by atoms with E-state index in [0.717, 1.165) is 12.8 Å². The Balaban J connectivity index is 5.15. The molecule has 0 aliphatic rings. The largest absolute Gasteiger partial charge is 0.437 e. The summed E-state index contributed by atoms with van der Waals surface area (Å²) < 4.78 is 24.2. The molecule has 0 atom stereocenters. The minimum atomic E-state index is -3.55. The summed E-state index contributed by atoms with van der Waals surface area (Å²) in [7, 11) is -3.55. The van der Waals surface area contributed by atoms with Crippen LogP contribution in [0.5, 0.6) is 0 Å². The Hall–Kier alpha value is -0.640. The maximum absolute atomic E-state index is 12.6. The van der Waals surface area contributed by atoms with Gasteiger partial charge in [-0.15, -0.1) is 0 Å². The fourth-order valence-electron chi connectivity index (χ4n) is 1.37. The average Bonchev–Trinajstić information content (AvgIpc) is 2.29.